The summed E-state index contributed by atoms with van der Waals surface area (Å²) in [6.07, 6.45) is 0. The highest BCUT2D eigenvalue weighted by Crippen LogP contribution is 2.16. The standard InChI is InChI=1S/C23H32N4O/c1-18-5-7-20(8-6-18)23(28)24-17-22(27-15-13-26(4)14-16-27)19-9-11-21(12-10-19)25(2)3/h5-12,22H,13-17H2,1-4H3,(H,24,28)/p+2/t22-/m1/s1. The van der Waals surface area contributed by atoms with E-state index in [2.05, 4.69) is 55.6 Å². The van der Waals surface area contributed by atoms with Crippen LogP contribution in [0, 0.1) is 6.92 Å². The molecule has 0 aliphatic carbocycles. The van der Waals surface area contributed by atoms with Crippen LogP contribution < -0.4 is 20.0 Å². The summed E-state index contributed by atoms with van der Waals surface area (Å²) < 4.78 is 0. The smallest absolute Gasteiger partial charge is 0.251 e. The highest BCUT2D eigenvalue weighted by atomic mass is 16.1. The van der Waals surface area contributed by atoms with Gasteiger partial charge in [0.2, 0.25) is 0 Å². The van der Waals surface area contributed by atoms with Gasteiger partial charge in [-0.05, 0) is 31.2 Å². The fourth-order valence-corrected chi connectivity index (χ4v) is 3.85. The number of nitrogens with one attached hydrogen (secondary N) is 3. The van der Waals surface area contributed by atoms with Crippen LogP contribution in [0.5, 0.6) is 0 Å². The fraction of sp³-hybridized carbons (Fsp3) is 0.435. The largest absolute Gasteiger partial charge is 0.378 e. The lowest BCUT2D eigenvalue weighted by Crippen LogP contribution is -3.27. The predicted octanol–water partition coefficient (Wildman–Crippen LogP) is -0.0547. The number of carbonyl (C=O) groups is 1. The van der Waals surface area contributed by atoms with E-state index >= 15 is 0 Å². The van der Waals surface area contributed by atoms with Crippen molar-refractivity contribution >= 4 is 11.6 Å². The molecule has 2 aromatic carbocycles. The Morgan fingerprint density at radius 3 is 2.18 bits per heavy atom. The van der Waals surface area contributed by atoms with Crippen LogP contribution in [-0.4, -0.2) is 59.8 Å². The zero-order chi connectivity index (χ0) is 20.1. The average Bonchev–Trinajstić information content (AvgIpc) is 2.70. The van der Waals surface area contributed by atoms with Crippen molar-refractivity contribution in [2.75, 3.05) is 58.8 Å². The molecule has 0 aromatic heterocycles. The van der Waals surface area contributed by atoms with Crippen LogP contribution in [0.15, 0.2) is 48.5 Å². The van der Waals surface area contributed by atoms with Gasteiger partial charge < -0.3 is 20.0 Å². The molecule has 0 saturated carbocycles. The van der Waals surface area contributed by atoms with E-state index in [4.69, 9.17) is 0 Å². The van der Waals surface area contributed by atoms with Crippen molar-refractivity contribution in [3.05, 3.63) is 65.2 Å². The van der Waals surface area contributed by atoms with Crippen molar-refractivity contribution in [2.45, 2.75) is 13.0 Å². The third kappa shape index (κ3) is 5.12. The van der Waals surface area contributed by atoms with E-state index in [1.54, 1.807) is 9.80 Å². The first-order chi connectivity index (χ1) is 13.4. The summed E-state index contributed by atoms with van der Waals surface area (Å²) in [6, 6.07) is 16.8. The molecule has 1 atom stereocenters. The van der Waals surface area contributed by atoms with E-state index in [0.717, 1.165) is 18.7 Å². The van der Waals surface area contributed by atoms with E-state index < -0.39 is 0 Å². The number of nitrogens with zero attached hydrogens (tertiary/aromatic N) is 1. The highest BCUT2D eigenvalue weighted by Gasteiger charge is 2.29. The van der Waals surface area contributed by atoms with Gasteiger partial charge in [-0.25, -0.2) is 0 Å². The first-order valence-electron chi connectivity index (χ1n) is 10.2. The minimum Gasteiger partial charge on any atom is -0.378 e. The first kappa shape index (κ1) is 20.4. The van der Waals surface area contributed by atoms with Gasteiger partial charge >= 0.3 is 0 Å². The fourth-order valence-electron chi connectivity index (χ4n) is 3.85. The molecule has 0 spiro atoms. The minimum absolute atomic E-state index is 0.00839. The number of anilines is 1. The molecule has 1 heterocycles. The highest BCUT2D eigenvalue weighted by molar-refractivity contribution is 5.94. The van der Waals surface area contributed by atoms with Gasteiger partial charge in [0.25, 0.3) is 5.91 Å². The van der Waals surface area contributed by atoms with Crippen molar-refractivity contribution in [3.8, 4) is 0 Å². The van der Waals surface area contributed by atoms with E-state index in [1.807, 2.05) is 31.2 Å². The number of benzene rings is 2. The van der Waals surface area contributed by atoms with Crippen LogP contribution in [0.3, 0.4) is 0 Å². The van der Waals surface area contributed by atoms with Gasteiger partial charge in [-0.1, -0.05) is 29.8 Å². The molecule has 0 bridgehead atoms. The van der Waals surface area contributed by atoms with E-state index in [0.29, 0.717) is 6.54 Å². The molecule has 1 saturated heterocycles. The quantitative estimate of drug-likeness (QED) is 0.656. The maximum absolute atomic E-state index is 12.6. The Kier molecular flexibility index (Phi) is 6.70. The van der Waals surface area contributed by atoms with Crippen LogP contribution >= 0.6 is 0 Å². The lowest BCUT2D eigenvalue weighted by Gasteiger charge is -2.33. The van der Waals surface area contributed by atoms with Crippen molar-refractivity contribution in [2.24, 2.45) is 0 Å². The number of piperazine rings is 1. The molecule has 5 heteroatoms. The Hall–Kier alpha value is -2.37. The van der Waals surface area contributed by atoms with Crippen LogP contribution in [0.1, 0.15) is 27.5 Å². The van der Waals surface area contributed by atoms with Crippen LogP contribution in [0.2, 0.25) is 0 Å². The zero-order valence-corrected chi connectivity index (χ0v) is 17.6. The van der Waals surface area contributed by atoms with Gasteiger partial charge in [0.05, 0.1) is 13.6 Å². The molecule has 1 amide bonds. The number of carbonyl (C=O) groups excluding carboxylic acids is 1. The molecule has 2 aromatic rings. The second-order valence-corrected chi connectivity index (χ2v) is 8.23. The van der Waals surface area contributed by atoms with Crippen LogP contribution in [-0.2, 0) is 0 Å². The lowest BCUT2D eigenvalue weighted by atomic mass is 10.0. The van der Waals surface area contributed by atoms with Crippen LogP contribution in [0.25, 0.3) is 0 Å². The van der Waals surface area contributed by atoms with E-state index in [9.17, 15) is 4.79 Å². The van der Waals surface area contributed by atoms with Gasteiger partial charge in [0.1, 0.15) is 32.2 Å². The molecule has 1 aliphatic heterocycles. The SMILES string of the molecule is Cc1ccc(C(=O)NC[C@H](c2ccc(N(C)C)cc2)[NH+]2CC[NH+](C)CC2)cc1. The molecule has 0 unspecified atom stereocenters. The van der Waals surface area contributed by atoms with Gasteiger partial charge in [-0.15, -0.1) is 0 Å². The average molecular weight is 383 g/mol. The molecule has 0 radical (unpaired) electrons. The number of amides is 1. The second kappa shape index (κ2) is 9.22. The number of rotatable bonds is 6. The molecule has 150 valence electrons. The number of hydrogen-bond donors (Lipinski definition) is 3. The monoisotopic (exact) mass is 382 g/mol. The summed E-state index contributed by atoms with van der Waals surface area (Å²) in [4.78, 5) is 17.9. The van der Waals surface area contributed by atoms with Crippen molar-refractivity contribution in [1.29, 1.82) is 0 Å². The summed E-state index contributed by atoms with van der Waals surface area (Å²) in [5.74, 6) is 0.00839. The number of likely N-dealkylation sites (N-methyl/N-ethyl adjacent to an activating group) is 1. The second-order valence-electron chi connectivity index (χ2n) is 8.23. The maximum Gasteiger partial charge on any atom is 0.251 e. The molecular formula is C23H34N4O+2. The Labute approximate surface area is 168 Å². The van der Waals surface area contributed by atoms with Gasteiger partial charge in [-0.3, -0.25) is 4.79 Å². The Balaban J connectivity index is 1.74. The van der Waals surface area contributed by atoms with Gasteiger partial charge in [-0.2, -0.15) is 0 Å². The molecular weight excluding hydrogens is 348 g/mol. The topological polar surface area (TPSA) is 41.2 Å². The maximum atomic E-state index is 12.6. The molecule has 3 rings (SSSR count). The molecule has 3 N–H and O–H groups in total. The summed E-state index contributed by atoms with van der Waals surface area (Å²) in [5, 5.41) is 3.19. The molecule has 28 heavy (non-hydrogen) atoms. The first-order valence-corrected chi connectivity index (χ1v) is 10.2. The van der Waals surface area contributed by atoms with E-state index in [1.165, 1.54) is 29.9 Å². The summed E-state index contributed by atoms with van der Waals surface area (Å²) in [7, 11) is 6.38. The minimum atomic E-state index is 0.00839. The Morgan fingerprint density at radius 2 is 1.61 bits per heavy atom. The Bertz CT molecular complexity index is 762. The number of quaternary nitrogens is 2. The summed E-state index contributed by atoms with van der Waals surface area (Å²) in [5.41, 5.74) is 4.39. The molecule has 1 aliphatic rings. The van der Waals surface area contributed by atoms with Crippen molar-refractivity contribution < 1.29 is 14.6 Å². The summed E-state index contributed by atoms with van der Waals surface area (Å²) >= 11 is 0. The van der Waals surface area contributed by atoms with Gasteiger partial charge in [0.15, 0.2) is 0 Å². The number of aryl methyl sites for hydroxylation is 1. The van der Waals surface area contributed by atoms with Crippen molar-refractivity contribution in [1.82, 2.24) is 5.32 Å². The number of hydrogen-bond acceptors (Lipinski definition) is 2. The zero-order valence-electron chi connectivity index (χ0n) is 17.6. The van der Waals surface area contributed by atoms with Crippen molar-refractivity contribution in [3.63, 3.8) is 0 Å². The normalized spacial score (nSPS) is 20.4. The third-order valence-electron chi connectivity index (χ3n) is 5.83. The molecule has 1 fully saturated rings. The predicted molar refractivity (Wildman–Crippen MR) is 114 cm³/mol. The summed E-state index contributed by atoms with van der Waals surface area (Å²) in [6.45, 7) is 7.30. The lowest BCUT2D eigenvalue weighted by molar-refractivity contribution is -1.02. The van der Waals surface area contributed by atoms with Gasteiger partial charge in [0, 0.05) is 30.9 Å². The van der Waals surface area contributed by atoms with E-state index in [-0.39, 0.29) is 11.9 Å². The third-order valence-corrected chi connectivity index (χ3v) is 5.83. The van der Waals surface area contributed by atoms with Crippen LogP contribution in [0.4, 0.5) is 5.69 Å². The molecule has 5 nitrogen and oxygen atoms in total. The Morgan fingerprint density at radius 1 is 1.00 bits per heavy atom.